The molecule has 2 nitrogen and oxygen atoms in total. The van der Waals surface area contributed by atoms with E-state index < -0.39 is 0 Å². The number of likely N-dealkylation sites (tertiary alicyclic amines) is 1. The Balaban J connectivity index is 1.21. The maximum Gasteiger partial charge on any atom is 0.100 e. The minimum absolute atomic E-state index is 0.0171. The number of hydrogen-bond donors (Lipinski definition) is 1. The van der Waals surface area contributed by atoms with Crippen molar-refractivity contribution in [2.24, 2.45) is 11.8 Å². The second-order valence-corrected chi connectivity index (χ2v) is 10.1. The summed E-state index contributed by atoms with van der Waals surface area (Å²) in [6.45, 7) is 16.1. The molecule has 1 N–H and O–H groups in total. The average molecular weight is 431 g/mol. The number of fused-ring (bicyclic) bond motifs is 1. The maximum atomic E-state index is 13.2. The largest absolute Gasteiger partial charge is 0.363 e. The molecule has 0 amide bonds. The fourth-order valence-electron chi connectivity index (χ4n) is 6.12. The Hall–Kier alpha value is -2.39. The number of rotatable bonds is 4. The monoisotopic (exact) mass is 430 g/mol. The zero-order valence-corrected chi connectivity index (χ0v) is 19.1. The first-order chi connectivity index (χ1) is 15.5. The van der Waals surface area contributed by atoms with Gasteiger partial charge in [0.25, 0.3) is 0 Å². The second kappa shape index (κ2) is 8.86. The van der Waals surface area contributed by atoms with Gasteiger partial charge in [-0.2, -0.15) is 0 Å². The predicted molar refractivity (Wildman–Crippen MR) is 132 cm³/mol. The molecule has 2 fully saturated rings. The van der Waals surface area contributed by atoms with Crippen molar-refractivity contribution in [1.29, 1.82) is 0 Å². The summed E-state index contributed by atoms with van der Waals surface area (Å²) in [5.41, 5.74) is 9.18. The highest BCUT2D eigenvalue weighted by Gasteiger charge is 2.35. The van der Waals surface area contributed by atoms with Crippen LogP contribution in [0.5, 0.6) is 0 Å². The van der Waals surface area contributed by atoms with Gasteiger partial charge in [0, 0.05) is 30.3 Å². The molecule has 0 aromatic heterocycles. The summed E-state index contributed by atoms with van der Waals surface area (Å²) in [5.74, 6) is 1.56. The van der Waals surface area contributed by atoms with Crippen LogP contribution >= 0.6 is 0 Å². The highest BCUT2D eigenvalue weighted by Crippen LogP contribution is 2.46. The van der Waals surface area contributed by atoms with Crippen molar-refractivity contribution in [3.63, 3.8) is 0 Å². The smallest absolute Gasteiger partial charge is 0.100 e. The van der Waals surface area contributed by atoms with Gasteiger partial charge in [-0.25, -0.2) is 4.39 Å². The standard InChI is InChI=1S/C29H35FN2/c1-19-4-10-28(21(3)31-19)29-17-25-16-24(7-11-27(25)20(29)2)23-12-14-32(15-13-23)18-22-5-8-26(30)9-6-22/h5,7-8,11,16,23,28-29,31H,1-4,6,9-10,12-15,17-18H2. The second-order valence-electron chi connectivity index (χ2n) is 10.1. The summed E-state index contributed by atoms with van der Waals surface area (Å²) in [5, 5.41) is 3.39. The molecule has 5 rings (SSSR count). The fraction of sp³-hybridized carbons (Fsp3) is 0.448. The molecule has 0 spiro atoms. The zero-order chi connectivity index (χ0) is 22.2. The average Bonchev–Trinajstić information content (AvgIpc) is 3.11. The highest BCUT2D eigenvalue weighted by molar-refractivity contribution is 5.74. The fourth-order valence-corrected chi connectivity index (χ4v) is 6.12. The third kappa shape index (κ3) is 4.28. The lowest BCUT2D eigenvalue weighted by atomic mass is 9.80. The van der Waals surface area contributed by atoms with Crippen LogP contribution in [0.15, 0.2) is 72.9 Å². The van der Waals surface area contributed by atoms with Crippen molar-refractivity contribution in [3.8, 4) is 0 Å². The lowest BCUT2D eigenvalue weighted by molar-refractivity contribution is 0.226. The number of nitrogens with one attached hydrogen (secondary N) is 1. The number of hydrogen-bond acceptors (Lipinski definition) is 2. The molecule has 2 aliphatic carbocycles. The Morgan fingerprint density at radius 3 is 2.50 bits per heavy atom. The van der Waals surface area contributed by atoms with Gasteiger partial charge < -0.3 is 5.32 Å². The Morgan fingerprint density at radius 2 is 1.78 bits per heavy atom. The molecule has 0 saturated carbocycles. The quantitative estimate of drug-likeness (QED) is 0.575. The number of allylic oxidation sites excluding steroid dienone is 6. The van der Waals surface area contributed by atoms with Gasteiger partial charge in [0.1, 0.15) is 5.83 Å². The van der Waals surface area contributed by atoms with Crippen molar-refractivity contribution in [2.75, 3.05) is 19.6 Å². The van der Waals surface area contributed by atoms with E-state index in [1.165, 1.54) is 40.7 Å². The molecule has 1 aromatic rings. The van der Waals surface area contributed by atoms with Crippen LogP contribution in [0.4, 0.5) is 4.39 Å². The number of nitrogens with zero attached hydrogens (tertiary/aromatic N) is 1. The van der Waals surface area contributed by atoms with Crippen LogP contribution in [-0.2, 0) is 6.42 Å². The highest BCUT2D eigenvalue weighted by atomic mass is 19.1. The predicted octanol–water partition coefficient (Wildman–Crippen LogP) is 6.65. The molecule has 0 bridgehead atoms. The Bertz CT molecular complexity index is 1010. The Labute approximate surface area is 192 Å². The van der Waals surface area contributed by atoms with Crippen LogP contribution in [0, 0.1) is 11.8 Å². The van der Waals surface area contributed by atoms with Crippen LogP contribution < -0.4 is 5.32 Å². The van der Waals surface area contributed by atoms with Gasteiger partial charge in [-0.1, -0.05) is 49.6 Å². The van der Waals surface area contributed by atoms with E-state index in [2.05, 4.69) is 48.2 Å². The molecule has 1 aromatic carbocycles. The Morgan fingerprint density at radius 1 is 0.969 bits per heavy atom. The topological polar surface area (TPSA) is 15.3 Å². The summed E-state index contributed by atoms with van der Waals surface area (Å²) in [6.07, 6.45) is 10.7. The molecule has 2 aliphatic heterocycles. The van der Waals surface area contributed by atoms with E-state index in [1.54, 1.807) is 6.08 Å². The van der Waals surface area contributed by atoms with Gasteiger partial charge in [-0.15, -0.1) is 0 Å². The first kappa shape index (κ1) is 21.5. The molecule has 0 radical (unpaired) electrons. The lowest BCUT2D eigenvalue weighted by Crippen LogP contribution is -2.34. The minimum atomic E-state index is 0.0171. The van der Waals surface area contributed by atoms with Gasteiger partial charge >= 0.3 is 0 Å². The zero-order valence-electron chi connectivity index (χ0n) is 19.1. The van der Waals surface area contributed by atoms with E-state index in [9.17, 15) is 4.39 Å². The molecule has 32 heavy (non-hydrogen) atoms. The van der Waals surface area contributed by atoms with Crippen molar-refractivity contribution in [2.45, 2.75) is 50.9 Å². The van der Waals surface area contributed by atoms with Gasteiger partial charge in [0.15, 0.2) is 0 Å². The third-order valence-electron chi connectivity index (χ3n) is 8.06. The summed E-state index contributed by atoms with van der Waals surface area (Å²) in [6, 6.07) is 7.14. The molecule has 3 heteroatoms. The summed E-state index contributed by atoms with van der Waals surface area (Å²) < 4.78 is 13.2. The molecule has 4 aliphatic rings. The van der Waals surface area contributed by atoms with Crippen molar-refractivity contribution in [1.82, 2.24) is 10.2 Å². The molecule has 2 atom stereocenters. The lowest BCUT2D eigenvalue weighted by Gasteiger charge is -2.33. The normalized spacial score (nSPS) is 27.1. The van der Waals surface area contributed by atoms with Gasteiger partial charge in [-0.3, -0.25) is 4.90 Å². The van der Waals surface area contributed by atoms with Crippen molar-refractivity contribution in [3.05, 3.63) is 89.6 Å². The first-order valence-electron chi connectivity index (χ1n) is 12.2. The third-order valence-corrected chi connectivity index (χ3v) is 8.06. The minimum Gasteiger partial charge on any atom is -0.363 e. The van der Waals surface area contributed by atoms with E-state index in [-0.39, 0.29) is 5.83 Å². The molecule has 2 unspecified atom stereocenters. The van der Waals surface area contributed by atoms with E-state index in [1.807, 2.05) is 6.08 Å². The van der Waals surface area contributed by atoms with E-state index in [0.717, 1.165) is 56.7 Å². The number of halogens is 1. The van der Waals surface area contributed by atoms with E-state index in [4.69, 9.17) is 0 Å². The molecule has 2 saturated heterocycles. The van der Waals surface area contributed by atoms with Crippen LogP contribution in [0.25, 0.3) is 5.57 Å². The van der Waals surface area contributed by atoms with E-state index in [0.29, 0.717) is 24.2 Å². The molecular weight excluding hydrogens is 395 g/mol. The Kier molecular flexibility index (Phi) is 5.94. The van der Waals surface area contributed by atoms with Crippen LogP contribution in [-0.4, -0.2) is 24.5 Å². The van der Waals surface area contributed by atoms with E-state index >= 15 is 0 Å². The van der Waals surface area contributed by atoms with Crippen molar-refractivity contribution >= 4 is 5.57 Å². The van der Waals surface area contributed by atoms with Crippen molar-refractivity contribution < 1.29 is 4.39 Å². The maximum absolute atomic E-state index is 13.2. The molecular formula is C29H35FN2. The summed E-state index contributed by atoms with van der Waals surface area (Å²) in [7, 11) is 0. The van der Waals surface area contributed by atoms with Crippen LogP contribution in [0.2, 0.25) is 0 Å². The molecule has 168 valence electrons. The molecule has 2 heterocycles. The van der Waals surface area contributed by atoms with Gasteiger partial charge in [0.05, 0.1) is 0 Å². The number of benzene rings is 1. The summed E-state index contributed by atoms with van der Waals surface area (Å²) in [4.78, 5) is 2.54. The summed E-state index contributed by atoms with van der Waals surface area (Å²) >= 11 is 0. The number of piperidine rings is 2. The SMILES string of the molecule is C=C1CCC(C2Cc3cc(C4CCN(CC5=CC=C(F)CC5)CC4)ccc3C2=C)C(=C)N1. The van der Waals surface area contributed by atoms with Crippen LogP contribution in [0.3, 0.4) is 0 Å². The van der Waals surface area contributed by atoms with Gasteiger partial charge in [0.2, 0.25) is 0 Å². The first-order valence-corrected chi connectivity index (χ1v) is 12.2. The van der Waals surface area contributed by atoms with Crippen LogP contribution in [0.1, 0.15) is 61.1 Å². The van der Waals surface area contributed by atoms with Gasteiger partial charge in [-0.05, 0) is 91.8 Å².